The number of nitrogens with two attached hydrogens (primary N) is 3. The van der Waals surface area contributed by atoms with Gasteiger partial charge in [0.1, 0.15) is 22.7 Å². The van der Waals surface area contributed by atoms with Gasteiger partial charge in [-0.05, 0) is 50.7 Å². The van der Waals surface area contributed by atoms with Crippen LogP contribution in [0.1, 0.15) is 76.9 Å². The first-order valence-electron chi connectivity index (χ1n) is 17.5. The van der Waals surface area contributed by atoms with Crippen LogP contribution in [0.3, 0.4) is 0 Å². The number of carbonyl (C=O) groups excluding carboxylic acids is 1. The summed E-state index contributed by atoms with van der Waals surface area (Å²) in [6, 6.07) is 15.8. The number of amides is 2. The number of urea groups is 1. The maximum absolute atomic E-state index is 12.5. The van der Waals surface area contributed by atoms with Gasteiger partial charge in [-0.2, -0.15) is 0 Å². The molecule has 11 heteroatoms. The second kappa shape index (κ2) is 14.9. The number of nitrogens with zero attached hydrogens (tertiary/aromatic N) is 7. The minimum absolute atomic E-state index is 0.377. The quantitative estimate of drug-likeness (QED) is 0.0955. The largest absolute Gasteiger partial charge is 0.382 e. The molecule has 0 atom stereocenters. The fourth-order valence-corrected chi connectivity index (χ4v) is 6.82. The van der Waals surface area contributed by atoms with Crippen molar-refractivity contribution in [2.75, 3.05) is 24.6 Å². The molecule has 6 aromatic rings. The normalized spacial score (nSPS) is 11.8. The Labute approximate surface area is 281 Å². The Morgan fingerprint density at radius 2 is 1.08 bits per heavy atom. The van der Waals surface area contributed by atoms with Crippen LogP contribution >= 0.6 is 0 Å². The predicted molar refractivity (Wildman–Crippen MR) is 196 cm³/mol. The van der Waals surface area contributed by atoms with Crippen LogP contribution in [0.5, 0.6) is 0 Å². The first-order valence-corrected chi connectivity index (χ1v) is 17.5. The van der Waals surface area contributed by atoms with Crippen molar-refractivity contribution < 1.29 is 4.79 Å². The van der Waals surface area contributed by atoms with Crippen molar-refractivity contribution in [3.05, 3.63) is 60.2 Å². The number of pyridine rings is 2. The number of nitrogen functional groups attached to an aromatic ring is 2. The number of hydrogen-bond acceptors (Lipinski definition) is 7. The molecule has 4 heterocycles. The Kier molecular flexibility index (Phi) is 10.2. The van der Waals surface area contributed by atoms with Crippen molar-refractivity contribution in [1.82, 2.24) is 34.0 Å². The van der Waals surface area contributed by atoms with Gasteiger partial charge in [-0.25, -0.2) is 24.7 Å². The number of aryl methyl sites for hydroxylation is 4. The zero-order valence-corrected chi connectivity index (χ0v) is 28.3. The summed E-state index contributed by atoms with van der Waals surface area (Å²) < 4.78 is 4.63. The zero-order valence-electron chi connectivity index (χ0n) is 28.3. The number of fused-ring (bicyclic) bond motifs is 6. The standard InChI is InChI=1S/C37H48N10O/c1-3-5-19-29-43-31-33(25-15-7-9-17-27(25)41-35(31)38)46(29)23-13-11-21-45(37(40)48)22-12-14-24-47-30(20-6-4-2)44-32-34(47)26-16-8-10-18-28(26)42-36(32)39/h7-10,15-18H,3-6,11-14,19-24H2,1-2H3,(H2,38,41)(H2,39,42)(H2,40,48). The van der Waals surface area contributed by atoms with Crippen LogP contribution in [0.25, 0.3) is 43.9 Å². The Hall–Kier alpha value is -4.93. The SMILES string of the molecule is CCCCc1nc2c(N)nc3ccccc3c2n1CCCCN(CCCCn1c(CCCC)nc2c(N)nc3ccccc3c21)C(N)=O. The molecule has 0 aliphatic rings. The fraction of sp³-hybridized carbons (Fsp3) is 0.432. The minimum Gasteiger partial charge on any atom is -0.382 e. The van der Waals surface area contributed by atoms with E-state index < -0.39 is 0 Å². The lowest BCUT2D eigenvalue weighted by atomic mass is 10.1. The van der Waals surface area contributed by atoms with E-state index in [-0.39, 0.29) is 6.03 Å². The summed E-state index contributed by atoms with van der Waals surface area (Å²) in [4.78, 5) is 33.4. The lowest BCUT2D eigenvalue weighted by Gasteiger charge is -2.21. The first kappa shape index (κ1) is 33.0. The summed E-state index contributed by atoms with van der Waals surface area (Å²) in [6.07, 6.45) is 9.49. The van der Waals surface area contributed by atoms with Crippen LogP contribution in [0.15, 0.2) is 48.5 Å². The monoisotopic (exact) mass is 648 g/mol. The number of primary amides is 1. The van der Waals surface area contributed by atoms with Gasteiger partial charge < -0.3 is 31.2 Å². The summed E-state index contributed by atoms with van der Waals surface area (Å²) >= 11 is 0. The zero-order chi connectivity index (χ0) is 33.6. The number of rotatable bonds is 16. The minimum atomic E-state index is -0.377. The molecule has 4 aromatic heterocycles. The van der Waals surface area contributed by atoms with Gasteiger partial charge in [0.05, 0.1) is 22.1 Å². The lowest BCUT2D eigenvalue weighted by molar-refractivity contribution is 0.204. The van der Waals surface area contributed by atoms with Crippen LogP contribution < -0.4 is 17.2 Å². The Bertz CT molecular complexity index is 1910. The van der Waals surface area contributed by atoms with Crippen molar-refractivity contribution >= 4 is 61.5 Å². The molecule has 0 aliphatic heterocycles. The summed E-state index contributed by atoms with van der Waals surface area (Å²) in [5, 5.41) is 2.12. The number of para-hydroxylation sites is 2. The van der Waals surface area contributed by atoms with Crippen molar-refractivity contribution in [1.29, 1.82) is 0 Å². The van der Waals surface area contributed by atoms with Gasteiger partial charge in [0.15, 0.2) is 11.6 Å². The second-order valence-corrected chi connectivity index (χ2v) is 12.7. The fourth-order valence-electron chi connectivity index (χ4n) is 6.82. The Morgan fingerprint density at radius 3 is 1.50 bits per heavy atom. The molecule has 6 N–H and O–H groups in total. The highest BCUT2D eigenvalue weighted by Crippen LogP contribution is 2.31. The third kappa shape index (κ3) is 6.72. The molecule has 0 spiro atoms. The number of imidazole rings is 2. The van der Waals surface area contributed by atoms with Gasteiger partial charge in [0, 0.05) is 49.8 Å². The molecule has 6 rings (SSSR count). The molecule has 2 amide bonds. The van der Waals surface area contributed by atoms with Crippen LogP contribution in [0, 0.1) is 0 Å². The highest BCUT2D eigenvalue weighted by molar-refractivity contribution is 6.07. The topological polar surface area (TPSA) is 160 Å². The molecule has 0 fully saturated rings. The van der Waals surface area contributed by atoms with Crippen molar-refractivity contribution in [3.63, 3.8) is 0 Å². The maximum Gasteiger partial charge on any atom is 0.314 e. The predicted octanol–water partition coefficient (Wildman–Crippen LogP) is 6.97. The molecule has 252 valence electrons. The van der Waals surface area contributed by atoms with Crippen LogP contribution in [0.4, 0.5) is 16.4 Å². The van der Waals surface area contributed by atoms with E-state index in [1.165, 1.54) is 0 Å². The van der Waals surface area contributed by atoms with Crippen molar-refractivity contribution in [2.24, 2.45) is 5.73 Å². The molecular weight excluding hydrogens is 600 g/mol. The molecule has 0 saturated carbocycles. The van der Waals surface area contributed by atoms with Gasteiger partial charge >= 0.3 is 6.03 Å². The number of carbonyl (C=O) groups is 1. The Morgan fingerprint density at radius 1 is 0.646 bits per heavy atom. The van der Waals surface area contributed by atoms with E-state index in [0.717, 1.165) is 133 Å². The van der Waals surface area contributed by atoms with Gasteiger partial charge in [0.2, 0.25) is 0 Å². The highest BCUT2D eigenvalue weighted by Gasteiger charge is 2.19. The van der Waals surface area contributed by atoms with Gasteiger partial charge in [-0.3, -0.25) is 0 Å². The number of unbranched alkanes of at least 4 members (excludes halogenated alkanes) is 4. The van der Waals surface area contributed by atoms with E-state index in [4.69, 9.17) is 27.2 Å². The average Bonchev–Trinajstić information content (AvgIpc) is 3.65. The molecule has 0 aliphatic carbocycles. The van der Waals surface area contributed by atoms with E-state index in [0.29, 0.717) is 24.7 Å². The molecule has 0 bridgehead atoms. The third-order valence-electron chi connectivity index (χ3n) is 9.32. The summed E-state index contributed by atoms with van der Waals surface area (Å²) in [5.41, 5.74) is 24.0. The van der Waals surface area contributed by atoms with Gasteiger partial charge in [-0.15, -0.1) is 0 Å². The summed E-state index contributed by atoms with van der Waals surface area (Å²) in [7, 11) is 0. The van der Waals surface area contributed by atoms with Crippen LogP contribution in [-0.2, 0) is 25.9 Å². The molecule has 0 saturated heterocycles. The van der Waals surface area contributed by atoms with E-state index in [1.54, 1.807) is 4.90 Å². The lowest BCUT2D eigenvalue weighted by Crippen LogP contribution is -2.37. The number of anilines is 2. The number of hydrogen-bond donors (Lipinski definition) is 3. The van der Waals surface area contributed by atoms with Crippen molar-refractivity contribution in [2.45, 2.75) is 91.1 Å². The van der Waals surface area contributed by atoms with E-state index in [9.17, 15) is 4.79 Å². The molecular formula is C37H48N10O. The van der Waals surface area contributed by atoms with E-state index >= 15 is 0 Å². The van der Waals surface area contributed by atoms with Crippen LogP contribution in [0.2, 0.25) is 0 Å². The maximum atomic E-state index is 12.5. The smallest absolute Gasteiger partial charge is 0.314 e. The highest BCUT2D eigenvalue weighted by atomic mass is 16.2. The average molecular weight is 649 g/mol. The third-order valence-corrected chi connectivity index (χ3v) is 9.32. The molecule has 0 radical (unpaired) electrons. The van der Waals surface area contributed by atoms with Gasteiger partial charge in [0.25, 0.3) is 0 Å². The van der Waals surface area contributed by atoms with E-state index in [2.05, 4.69) is 45.1 Å². The van der Waals surface area contributed by atoms with Crippen LogP contribution in [-0.4, -0.2) is 53.1 Å². The van der Waals surface area contributed by atoms with E-state index in [1.807, 2.05) is 36.4 Å². The molecule has 11 nitrogen and oxygen atoms in total. The molecule has 2 aromatic carbocycles. The van der Waals surface area contributed by atoms with Crippen molar-refractivity contribution in [3.8, 4) is 0 Å². The molecule has 0 unspecified atom stereocenters. The molecule has 48 heavy (non-hydrogen) atoms. The number of benzene rings is 2. The first-order chi connectivity index (χ1) is 23.4. The summed E-state index contributed by atoms with van der Waals surface area (Å²) in [5.74, 6) is 3.02. The Balaban J connectivity index is 1.11. The summed E-state index contributed by atoms with van der Waals surface area (Å²) in [6.45, 7) is 7.17. The second-order valence-electron chi connectivity index (χ2n) is 12.7. The van der Waals surface area contributed by atoms with Gasteiger partial charge in [-0.1, -0.05) is 63.1 Å². The number of aromatic nitrogens is 6.